The number of ether oxygens (including phenoxy) is 1. The molecule has 1 atom stereocenters. The van der Waals surface area contributed by atoms with Crippen molar-refractivity contribution in [2.45, 2.75) is 13.0 Å². The van der Waals surface area contributed by atoms with Gasteiger partial charge in [0.2, 0.25) is 5.91 Å². The maximum absolute atomic E-state index is 11.7. The number of nitrogens with two attached hydrogens (primary N) is 1. The minimum Gasteiger partial charge on any atom is -0.370 e. The molecule has 0 saturated heterocycles. The summed E-state index contributed by atoms with van der Waals surface area (Å²) in [6, 6.07) is 6.77. The lowest BCUT2D eigenvalue weighted by molar-refractivity contribution is -0.125. The van der Waals surface area contributed by atoms with Gasteiger partial charge < -0.3 is 21.1 Å². The first-order valence-electron chi connectivity index (χ1n) is 5.48. The first kappa shape index (κ1) is 14.1. The number of carbonyl (C=O) groups excluding carboxylic acids is 2. The van der Waals surface area contributed by atoms with Crippen molar-refractivity contribution in [1.29, 1.82) is 0 Å². The van der Waals surface area contributed by atoms with Gasteiger partial charge in [-0.1, -0.05) is 0 Å². The third kappa shape index (κ3) is 4.15. The molecule has 0 radical (unpaired) electrons. The summed E-state index contributed by atoms with van der Waals surface area (Å²) >= 11 is 0. The van der Waals surface area contributed by atoms with Gasteiger partial charge in [-0.2, -0.15) is 0 Å². The molecular formula is C12H17N3O3. The van der Waals surface area contributed by atoms with Crippen LogP contribution < -0.4 is 16.4 Å². The fourth-order valence-electron chi connectivity index (χ4n) is 1.37. The van der Waals surface area contributed by atoms with Crippen LogP contribution in [-0.4, -0.2) is 31.6 Å². The molecule has 1 aromatic carbocycles. The molecule has 18 heavy (non-hydrogen) atoms. The van der Waals surface area contributed by atoms with Gasteiger partial charge in [0.15, 0.2) is 0 Å². The molecule has 2 amide bonds. The molecule has 1 rings (SSSR count). The van der Waals surface area contributed by atoms with E-state index in [2.05, 4.69) is 10.6 Å². The van der Waals surface area contributed by atoms with E-state index >= 15 is 0 Å². The normalized spacial score (nSPS) is 11.7. The summed E-state index contributed by atoms with van der Waals surface area (Å²) in [5, 5.41) is 5.30. The van der Waals surface area contributed by atoms with Crippen molar-refractivity contribution >= 4 is 23.2 Å². The van der Waals surface area contributed by atoms with Crippen molar-refractivity contribution in [2.75, 3.05) is 24.3 Å². The summed E-state index contributed by atoms with van der Waals surface area (Å²) < 4.78 is 4.92. The molecule has 1 aromatic rings. The molecule has 0 aliphatic rings. The van der Waals surface area contributed by atoms with Crippen molar-refractivity contribution in [3.8, 4) is 0 Å². The predicted octanol–water partition coefficient (Wildman–Crippen LogP) is 0.557. The van der Waals surface area contributed by atoms with Crippen molar-refractivity contribution in [3.05, 3.63) is 24.3 Å². The number of carbonyl (C=O) groups is 2. The van der Waals surface area contributed by atoms with Crippen LogP contribution in [0.4, 0.5) is 11.4 Å². The van der Waals surface area contributed by atoms with Gasteiger partial charge in [-0.15, -0.1) is 0 Å². The first-order chi connectivity index (χ1) is 8.56. The minimum atomic E-state index is -0.667. The molecule has 0 saturated carbocycles. The van der Waals surface area contributed by atoms with Crippen LogP contribution in [0.2, 0.25) is 0 Å². The lowest BCUT2D eigenvalue weighted by atomic mass is 10.2. The minimum absolute atomic E-state index is 0.117. The van der Waals surface area contributed by atoms with E-state index in [9.17, 15) is 9.59 Å². The van der Waals surface area contributed by atoms with Crippen LogP contribution in [0.3, 0.4) is 0 Å². The Balaban J connectivity index is 2.63. The molecule has 0 fully saturated rings. The molecule has 6 nitrogen and oxygen atoms in total. The number of amides is 2. The van der Waals surface area contributed by atoms with Gasteiger partial charge in [-0.05, 0) is 24.3 Å². The summed E-state index contributed by atoms with van der Waals surface area (Å²) in [5.41, 5.74) is 6.67. The Hall–Kier alpha value is -1.92. The molecule has 0 aliphatic carbocycles. The molecule has 6 heteroatoms. The van der Waals surface area contributed by atoms with E-state index in [0.29, 0.717) is 11.4 Å². The van der Waals surface area contributed by atoms with E-state index in [1.165, 1.54) is 14.0 Å². The highest BCUT2D eigenvalue weighted by Gasteiger charge is 2.15. The zero-order valence-electron chi connectivity index (χ0n) is 10.4. The van der Waals surface area contributed by atoms with Crippen LogP contribution in [0, 0.1) is 0 Å². The van der Waals surface area contributed by atoms with Crippen molar-refractivity contribution in [2.24, 2.45) is 5.73 Å². The van der Waals surface area contributed by atoms with E-state index in [0.717, 1.165) is 0 Å². The third-order valence-corrected chi connectivity index (χ3v) is 2.26. The van der Waals surface area contributed by atoms with E-state index in [4.69, 9.17) is 10.5 Å². The standard InChI is InChI=1S/C12H17N3O3/c1-8(16)14-9-3-5-10(6-4-9)15-12(17)11(7-13)18-2/h3-6,11H,7,13H2,1-2H3,(H,14,16)(H,15,17). The van der Waals surface area contributed by atoms with Crippen LogP contribution >= 0.6 is 0 Å². The predicted molar refractivity (Wildman–Crippen MR) is 69.2 cm³/mol. The fraction of sp³-hybridized carbons (Fsp3) is 0.333. The van der Waals surface area contributed by atoms with E-state index < -0.39 is 6.10 Å². The molecule has 0 spiro atoms. The van der Waals surface area contributed by atoms with Crippen molar-refractivity contribution in [3.63, 3.8) is 0 Å². The van der Waals surface area contributed by atoms with Gasteiger partial charge in [-0.3, -0.25) is 9.59 Å². The van der Waals surface area contributed by atoms with Crippen LogP contribution in [0.15, 0.2) is 24.3 Å². The molecule has 0 aromatic heterocycles. The highest BCUT2D eigenvalue weighted by Crippen LogP contribution is 2.13. The quantitative estimate of drug-likeness (QED) is 0.712. The lowest BCUT2D eigenvalue weighted by Crippen LogP contribution is -2.35. The van der Waals surface area contributed by atoms with Crippen molar-refractivity contribution < 1.29 is 14.3 Å². The molecule has 1 unspecified atom stereocenters. The monoisotopic (exact) mass is 251 g/mol. The summed E-state index contributed by atoms with van der Waals surface area (Å²) in [6.45, 7) is 1.55. The number of anilines is 2. The summed E-state index contributed by atoms with van der Waals surface area (Å²) in [4.78, 5) is 22.5. The topological polar surface area (TPSA) is 93.4 Å². The molecule has 4 N–H and O–H groups in total. The van der Waals surface area contributed by atoms with Crippen LogP contribution in [0.1, 0.15) is 6.92 Å². The average Bonchev–Trinajstić information content (AvgIpc) is 2.32. The third-order valence-electron chi connectivity index (χ3n) is 2.26. The second-order valence-electron chi connectivity index (χ2n) is 3.71. The second-order valence-corrected chi connectivity index (χ2v) is 3.71. The number of hydrogen-bond acceptors (Lipinski definition) is 4. The zero-order chi connectivity index (χ0) is 13.5. The Bertz CT molecular complexity index is 413. The smallest absolute Gasteiger partial charge is 0.254 e. The maximum atomic E-state index is 11.7. The van der Waals surface area contributed by atoms with Crippen LogP contribution in [-0.2, 0) is 14.3 Å². The first-order valence-corrected chi connectivity index (χ1v) is 5.48. The fourth-order valence-corrected chi connectivity index (χ4v) is 1.37. The zero-order valence-corrected chi connectivity index (χ0v) is 10.4. The Morgan fingerprint density at radius 3 is 2.11 bits per heavy atom. The van der Waals surface area contributed by atoms with E-state index in [-0.39, 0.29) is 18.4 Å². The summed E-state index contributed by atoms with van der Waals surface area (Å²) in [7, 11) is 1.43. The molecule has 0 aliphatic heterocycles. The van der Waals surface area contributed by atoms with Gasteiger partial charge in [0.25, 0.3) is 5.91 Å². The maximum Gasteiger partial charge on any atom is 0.254 e. The van der Waals surface area contributed by atoms with Gasteiger partial charge in [0.1, 0.15) is 6.10 Å². The van der Waals surface area contributed by atoms with Crippen molar-refractivity contribution in [1.82, 2.24) is 0 Å². The molecule has 0 bridgehead atoms. The number of hydrogen-bond donors (Lipinski definition) is 3. The Kier molecular flexibility index (Phi) is 5.29. The highest BCUT2D eigenvalue weighted by atomic mass is 16.5. The van der Waals surface area contributed by atoms with Gasteiger partial charge in [-0.25, -0.2) is 0 Å². The summed E-state index contributed by atoms with van der Waals surface area (Å²) in [5.74, 6) is -0.443. The SMILES string of the molecule is COC(CN)C(=O)Nc1ccc(NC(C)=O)cc1. The lowest BCUT2D eigenvalue weighted by Gasteiger charge is -2.13. The second kappa shape index (κ2) is 6.73. The Labute approximate surface area is 105 Å². The van der Waals surface area contributed by atoms with E-state index in [1.54, 1.807) is 24.3 Å². The van der Waals surface area contributed by atoms with Gasteiger partial charge in [0, 0.05) is 32.0 Å². The number of rotatable bonds is 5. The molecule has 98 valence electrons. The Morgan fingerprint density at radius 1 is 1.22 bits per heavy atom. The number of benzene rings is 1. The molecule has 0 heterocycles. The summed E-state index contributed by atoms with van der Waals surface area (Å²) in [6.07, 6.45) is -0.667. The average molecular weight is 251 g/mol. The van der Waals surface area contributed by atoms with E-state index in [1.807, 2.05) is 0 Å². The van der Waals surface area contributed by atoms with Gasteiger partial charge in [0.05, 0.1) is 0 Å². The largest absolute Gasteiger partial charge is 0.370 e. The van der Waals surface area contributed by atoms with Crippen LogP contribution in [0.5, 0.6) is 0 Å². The van der Waals surface area contributed by atoms with Crippen LogP contribution in [0.25, 0.3) is 0 Å². The molecular weight excluding hydrogens is 234 g/mol. The van der Waals surface area contributed by atoms with Gasteiger partial charge >= 0.3 is 0 Å². The highest BCUT2D eigenvalue weighted by molar-refractivity contribution is 5.95. The Morgan fingerprint density at radius 2 is 1.72 bits per heavy atom. The number of methoxy groups -OCH3 is 1. The number of nitrogens with one attached hydrogen (secondary N) is 2.